The van der Waals surface area contributed by atoms with E-state index in [1.54, 1.807) is 11.3 Å². The Morgan fingerprint density at radius 3 is 2.72 bits per heavy atom. The zero-order valence-electron chi connectivity index (χ0n) is 14.5. The Kier molecular flexibility index (Phi) is 5.20. The van der Waals surface area contributed by atoms with Crippen LogP contribution in [0, 0.1) is 0 Å². The first-order chi connectivity index (χ1) is 12.3. The molecule has 25 heavy (non-hydrogen) atoms. The zero-order chi connectivity index (χ0) is 17.1. The summed E-state index contributed by atoms with van der Waals surface area (Å²) in [6.07, 6.45) is 8.61. The molecule has 5 nitrogen and oxygen atoms in total. The third-order valence-corrected chi connectivity index (χ3v) is 6.34. The van der Waals surface area contributed by atoms with Crippen LogP contribution in [0.15, 0.2) is 24.5 Å². The smallest absolute Gasteiger partial charge is 0.254 e. The van der Waals surface area contributed by atoms with E-state index in [4.69, 9.17) is 4.74 Å². The number of aromatic nitrogens is 1. The third kappa shape index (κ3) is 3.66. The average Bonchev–Trinajstić information content (AvgIpc) is 3.30. The molecule has 0 unspecified atom stereocenters. The molecule has 0 aromatic carbocycles. The maximum Gasteiger partial charge on any atom is 0.254 e. The van der Waals surface area contributed by atoms with E-state index in [1.807, 2.05) is 24.5 Å². The summed E-state index contributed by atoms with van der Waals surface area (Å²) < 4.78 is 7.46. The molecular weight excluding hydrogens is 334 g/mol. The number of nitrogens with one attached hydrogen (secondary N) is 1. The standard InChI is InChI=1S/C19H25N3O2S/c23-18(20-7-10-21-11-13-24-14-12-21)17-15-5-1-2-6-16(15)25-19(17)22-8-3-4-9-22/h3-4,8-9H,1-2,5-7,10-14H2,(H,20,23). The van der Waals surface area contributed by atoms with Crippen molar-refractivity contribution in [2.45, 2.75) is 25.7 Å². The maximum atomic E-state index is 13.0. The van der Waals surface area contributed by atoms with E-state index in [0.717, 1.165) is 56.3 Å². The van der Waals surface area contributed by atoms with Crippen molar-refractivity contribution in [3.05, 3.63) is 40.5 Å². The number of aryl methyl sites for hydroxylation is 1. The van der Waals surface area contributed by atoms with Gasteiger partial charge in [-0.1, -0.05) is 0 Å². The van der Waals surface area contributed by atoms with Crippen LogP contribution in [0.3, 0.4) is 0 Å². The predicted molar refractivity (Wildman–Crippen MR) is 99.9 cm³/mol. The topological polar surface area (TPSA) is 46.5 Å². The second kappa shape index (κ2) is 7.72. The van der Waals surface area contributed by atoms with Crippen LogP contribution in [0.5, 0.6) is 0 Å². The van der Waals surface area contributed by atoms with Crippen molar-refractivity contribution in [2.24, 2.45) is 0 Å². The Hall–Kier alpha value is -1.63. The summed E-state index contributed by atoms with van der Waals surface area (Å²) in [5, 5.41) is 4.23. The molecule has 1 aliphatic heterocycles. The van der Waals surface area contributed by atoms with Gasteiger partial charge in [0.25, 0.3) is 5.91 Å². The molecule has 0 atom stereocenters. The Labute approximate surface area is 152 Å². The summed E-state index contributed by atoms with van der Waals surface area (Å²) in [6, 6.07) is 4.03. The van der Waals surface area contributed by atoms with Crippen LogP contribution in [-0.2, 0) is 17.6 Å². The summed E-state index contributed by atoms with van der Waals surface area (Å²) in [5.41, 5.74) is 2.18. The number of rotatable bonds is 5. The number of thiophene rings is 1. The molecule has 1 aliphatic carbocycles. The Bertz CT molecular complexity index is 717. The molecule has 1 amide bonds. The highest BCUT2D eigenvalue weighted by molar-refractivity contribution is 7.15. The van der Waals surface area contributed by atoms with Crippen LogP contribution in [0.2, 0.25) is 0 Å². The van der Waals surface area contributed by atoms with Crippen LogP contribution in [0.25, 0.3) is 5.00 Å². The van der Waals surface area contributed by atoms with Crippen molar-refractivity contribution in [3.63, 3.8) is 0 Å². The minimum Gasteiger partial charge on any atom is -0.379 e. The van der Waals surface area contributed by atoms with Gasteiger partial charge in [-0.3, -0.25) is 9.69 Å². The molecule has 0 spiro atoms. The van der Waals surface area contributed by atoms with Gasteiger partial charge >= 0.3 is 0 Å². The molecule has 6 heteroatoms. The first-order valence-corrected chi connectivity index (χ1v) is 10.0. The number of morpholine rings is 1. The van der Waals surface area contributed by atoms with Gasteiger partial charge < -0.3 is 14.6 Å². The summed E-state index contributed by atoms with van der Waals surface area (Å²) in [7, 11) is 0. The van der Waals surface area contributed by atoms with E-state index in [-0.39, 0.29) is 5.91 Å². The van der Waals surface area contributed by atoms with Gasteiger partial charge in [0, 0.05) is 43.4 Å². The Balaban J connectivity index is 1.50. The molecule has 4 rings (SSSR count). The molecule has 0 saturated carbocycles. The van der Waals surface area contributed by atoms with Gasteiger partial charge in [-0.05, 0) is 43.4 Å². The van der Waals surface area contributed by atoms with Gasteiger partial charge in [-0.25, -0.2) is 0 Å². The lowest BCUT2D eigenvalue weighted by Gasteiger charge is -2.26. The fourth-order valence-electron chi connectivity index (χ4n) is 3.68. The van der Waals surface area contributed by atoms with E-state index >= 15 is 0 Å². The zero-order valence-corrected chi connectivity index (χ0v) is 15.3. The number of amides is 1. The van der Waals surface area contributed by atoms with Gasteiger partial charge in [0.15, 0.2) is 0 Å². The van der Waals surface area contributed by atoms with Crippen molar-refractivity contribution in [2.75, 3.05) is 39.4 Å². The minimum absolute atomic E-state index is 0.0800. The lowest BCUT2D eigenvalue weighted by molar-refractivity contribution is 0.0383. The Morgan fingerprint density at radius 1 is 1.16 bits per heavy atom. The Morgan fingerprint density at radius 2 is 1.92 bits per heavy atom. The highest BCUT2D eigenvalue weighted by atomic mass is 32.1. The van der Waals surface area contributed by atoms with E-state index in [2.05, 4.69) is 14.8 Å². The molecular formula is C19H25N3O2S. The number of carbonyl (C=O) groups is 1. The number of ether oxygens (including phenoxy) is 1. The number of hydrogen-bond acceptors (Lipinski definition) is 4. The molecule has 1 N–H and O–H groups in total. The van der Waals surface area contributed by atoms with Crippen molar-refractivity contribution < 1.29 is 9.53 Å². The van der Waals surface area contributed by atoms with Crippen molar-refractivity contribution in [1.29, 1.82) is 0 Å². The number of nitrogens with zero attached hydrogens (tertiary/aromatic N) is 2. The molecule has 2 aromatic heterocycles. The van der Waals surface area contributed by atoms with E-state index in [0.29, 0.717) is 6.54 Å². The number of carbonyl (C=O) groups excluding carboxylic acids is 1. The molecule has 1 saturated heterocycles. The van der Waals surface area contributed by atoms with E-state index in [9.17, 15) is 4.79 Å². The number of fused-ring (bicyclic) bond motifs is 1. The van der Waals surface area contributed by atoms with Crippen LogP contribution >= 0.6 is 11.3 Å². The SMILES string of the molecule is O=C(NCCN1CCOCC1)c1c(-n2cccc2)sc2c1CCCC2. The second-order valence-electron chi connectivity index (χ2n) is 6.69. The summed E-state index contributed by atoms with van der Waals surface area (Å²) in [6.45, 7) is 5.08. The van der Waals surface area contributed by atoms with Gasteiger partial charge in [0.1, 0.15) is 5.00 Å². The average molecular weight is 359 g/mol. The van der Waals surface area contributed by atoms with Crippen molar-refractivity contribution in [1.82, 2.24) is 14.8 Å². The van der Waals surface area contributed by atoms with Crippen molar-refractivity contribution >= 4 is 17.2 Å². The second-order valence-corrected chi connectivity index (χ2v) is 7.77. The minimum atomic E-state index is 0.0800. The molecule has 3 heterocycles. The molecule has 1 fully saturated rings. The summed E-state index contributed by atoms with van der Waals surface area (Å²) in [5.74, 6) is 0.0800. The lowest BCUT2D eigenvalue weighted by atomic mass is 9.95. The molecule has 0 radical (unpaired) electrons. The van der Waals surface area contributed by atoms with Gasteiger partial charge in [0.05, 0.1) is 18.8 Å². The fraction of sp³-hybridized carbons (Fsp3) is 0.526. The number of hydrogen-bond donors (Lipinski definition) is 1. The lowest BCUT2D eigenvalue weighted by Crippen LogP contribution is -2.41. The van der Waals surface area contributed by atoms with Gasteiger partial charge in [-0.15, -0.1) is 11.3 Å². The molecule has 134 valence electrons. The molecule has 0 bridgehead atoms. The van der Waals surface area contributed by atoms with E-state index < -0.39 is 0 Å². The highest BCUT2D eigenvalue weighted by Crippen LogP contribution is 2.36. The van der Waals surface area contributed by atoms with Crippen LogP contribution < -0.4 is 5.32 Å². The normalized spacial score (nSPS) is 18.1. The largest absolute Gasteiger partial charge is 0.379 e. The molecule has 2 aromatic rings. The quantitative estimate of drug-likeness (QED) is 0.892. The monoisotopic (exact) mass is 359 g/mol. The summed E-state index contributed by atoms with van der Waals surface area (Å²) >= 11 is 1.78. The van der Waals surface area contributed by atoms with Crippen molar-refractivity contribution in [3.8, 4) is 5.00 Å². The van der Waals surface area contributed by atoms with Gasteiger partial charge in [0.2, 0.25) is 0 Å². The maximum absolute atomic E-state index is 13.0. The van der Waals surface area contributed by atoms with Crippen LogP contribution in [0.1, 0.15) is 33.6 Å². The third-order valence-electron chi connectivity index (χ3n) is 5.04. The van der Waals surface area contributed by atoms with Crippen LogP contribution in [-0.4, -0.2) is 54.8 Å². The highest BCUT2D eigenvalue weighted by Gasteiger charge is 2.26. The first-order valence-electron chi connectivity index (χ1n) is 9.19. The summed E-state index contributed by atoms with van der Waals surface area (Å²) in [4.78, 5) is 16.7. The predicted octanol–water partition coefficient (Wildman–Crippen LogP) is 2.48. The molecule has 2 aliphatic rings. The first kappa shape index (κ1) is 16.8. The van der Waals surface area contributed by atoms with Gasteiger partial charge in [-0.2, -0.15) is 0 Å². The fourth-order valence-corrected chi connectivity index (χ4v) is 5.03. The van der Waals surface area contributed by atoms with Crippen LogP contribution in [0.4, 0.5) is 0 Å². The van der Waals surface area contributed by atoms with E-state index in [1.165, 1.54) is 23.3 Å².